The van der Waals surface area contributed by atoms with Gasteiger partial charge < -0.3 is 16.0 Å². The lowest BCUT2D eigenvalue weighted by Gasteiger charge is -2.09. The van der Waals surface area contributed by atoms with E-state index in [1.165, 1.54) is 6.33 Å². The van der Waals surface area contributed by atoms with Gasteiger partial charge in [0, 0.05) is 34.4 Å². The number of nitrogens with one attached hydrogen (secondary N) is 3. The summed E-state index contributed by atoms with van der Waals surface area (Å²) in [6.45, 7) is 1.90. The van der Waals surface area contributed by atoms with Gasteiger partial charge >= 0.3 is 0 Å². The van der Waals surface area contributed by atoms with E-state index in [4.69, 9.17) is 0 Å². The van der Waals surface area contributed by atoms with Crippen LogP contribution in [-0.2, 0) is 11.2 Å². The van der Waals surface area contributed by atoms with Crippen molar-refractivity contribution in [1.29, 1.82) is 0 Å². The standard InChI is InChI=1S/C20H17N5O2/c1-12-8-18(22-11-21-12)23-15-3-5-16(6-4-15)24-20(27)13-2-7-17-14(9-13)10-19(26)25-17/h2-9,11H,10H2,1H3,(H,24,27)(H,25,26)(H,21,22,23). The van der Waals surface area contributed by atoms with Crippen molar-refractivity contribution in [3.8, 4) is 0 Å². The van der Waals surface area contributed by atoms with Gasteiger partial charge in [-0.1, -0.05) is 0 Å². The predicted molar refractivity (Wildman–Crippen MR) is 103 cm³/mol. The third-order valence-electron chi connectivity index (χ3n) is 4.21. The normalized spacial score (nSPS) is 12.3. The van der Waals surface area contributed by atoms with Gasteiger partial charge in [0.25, 0.3) is 5.91 Å². The number of amides is 2. The molecular weight excluding hydrogens is 342 g/mol. The number of hydrogen-bond acceptors (Lipinski definition) is 5. The average molecular weight is 359 g/mol. The molecule has 0 atom stereocenters. The number of carbonyl (C=O) groups excluding carboxylic acids is 2. The zero-order valence-corrected chi connectivity index (χ0v) is 14.6. The average Bonchev–Trinajstić information content (AvgIpc) is 3.02. The first-order valence-electron chi connectivity index (χ1n) is 8.47. The Morgan fingerprint density at radius 3 is 2.59 bits per heavy atom. The van der Waals surface area contributed by atoms with Gasteiger partial charge in [0.1, 0.15) is 12.1 Å². The summed E-state index contributed by atoms with van der Waals surface area (Å²) in [6, 6.07) is 14.4. The molecule has 2 amide bonds. The Morgan fingerprint density at radius 2 is 1.81 bits per heavy atom. The number of hydrogen-bond donors (Lipinski definition) is 3. The van der Waals surface area contributed by atoms with Gasteiger partial charge in [-0.05, 0) is 55.0 Å². The highest BCUT2D eigenvalue weighted by molar-refractivity contribution is 6.06. The molecule has 7 heteroatoms. The van der Waals surface area contributed by atoms with Crippen molar-refractivity contribution in [2.45, 2.75) is 13.3 Å². The van der Waals surface area contributed by atoms with Crippen LogP contribution in [-0.4, -0.2) is 21.8 Å². The first-order chi connectivity index (χ1) is 13.1. The lowest BCUT2D eigenvalue weighted by molar-refractivity contribution is -0.115. The van der Waals surface area contributed by atoms with Gasteiger partial charge in [0.15, 0.2) is 0 Å². The Bertz CT molecular complexity index is 1030. The summed E-state index contributed by atoms with van der Waals surface area (Å²) in [6.07, 6.45) is 1.81. The van der Waals surface area contributed by atoms with Crippen molar-refractivity contribution in [2.75, 3.05) is 16.0 Å². The Morgan fingerprint density at radius 1 is 1.04 bits per heavy atom. The van der Waals surface area contributed by atoms with Crippen molar-refractivity contribution >= 4 is 34.7 Å². The molecule has 0 spiro atoms. The SMILES string of the molecule is Cc1cc(Nc2ccc(NC(=O)c3ccc4c(c3)CC(=O)N4)cc2)ncn1. The number of aryl methyl sites for hydroxylation is 1. The fourth-order valence-electron chi connectivity index (χ4n) is 2.88. The number of aromatic nitrogens is 2. The van der Waals surface area contributed by atoms with Crippen molar-refractivity contribution in [3.63, 3.8) is 0 Å². The van der Waals surface area contributed by atoms with Gasteiger partial charge in [0.2, 0.25) is 5.91 Å². The second-order valence-electron chi connectivity index (χ2n) is 6.30. The number of carbonyl (C=O) groups is 2. The third kappa shape index (κ3) is 3.77. The Balaban J connectivity index is 1.43. The molecule has 0 fully saturated rings. The third-order valence-corrected chi connectivity index (χ3v) is 4.21. The highest BCUT2D eigenvalue weighted by Crippen LogP contribution is 2.24. The van der Waals surface area contributed by atoms with Crippen molar-refractivity contribution < 1.29 is 9.59 Å². The van der Waals surface area contributed by atoms with Gasteiger partial charge in [-0.15, -0.1) is 0 Å². The molecule has 0 saturated heterocycles. The van der Waals surface area contributed by atoms with Gasteiger partial charge in [0.05, 0.1) is 6.42 Å². The smallest absolute Gasteiger partial charge is 0.255 e. The van der Waals surface area contributed by atoms with Crippen LogP contribution in [0.25, 0.3) is 0 Å². The molecule has 3 aromatic rings. The van der Waals surface area contributed by atoms with Crippen LogP contribution in [0.4, 0.5) is 22.9 Å². The van der Waals surface area contributed by atoms with Crippen molar-refractivity contribution in [2.24, 2.45) is 0 Å². The lowest BCUT2D eigenvalue weighted by atomic mass is 10.1. The highest BCUT2D eigenvalue weighted by Gasteiger charge is 2.19. The minimum Gasteiger partial charge on any atom is -0.340 e. The minimum absolute atomic E-state index is 0.0514. The topological polar surface area (TPSA) is 96.0 Å². The van der Waals surface area contributed by atoms with Crippen LogP contribution in [0.3, 0.4) is 0 Å². The summed E-state index contributed by atoms with van der Waals surface area (Å²) in [5, 5.41) is 8.81. The largest absolute Gasteiger partial charge is 0.340 e. The Hall–Kier alpha value is -3.74. The van der Waals surface area contributed by atoms with E-state index in [0.29, 0.717) is 23.5 Å². The lowest BCUT2D eigenvalue weighted by Crippen LogP contribution is -2.12. The molecular formula is C20H17N5O2. The Kier molecular flexibility index (Phi) is 4.25. The summed E-state index contributed by atoms with van der Waals surface area (Å²) in [5.74, 6) is 0.439. The van der Waals surface area contributed by atoms with E-state index in [1.54, 1.807) is 18.2 Å². The van der Waals surface area contributed by atoms with E-state index in [9.17, 15) is 9.59 Å². The number of benzene rings is 2. The molecule has 2 heterocycles. The molecule has 3 N–H and O–H groups in total. The maximum absolute atomic E-state index is 12.5. The molecule has 27 heavy (non-hydrogen) atoms. The summed E-state index contributed by atoms with van der Waals surface area (Å²) in [5.41, 5.74) is 4.54. The number of fused-ring (bicyclic) bond motifs is 1. The van der Waals surface area contributed by atoms with Crippen LogP contribution in [0, 0.1) is 6.92 Å². The predicted octanol–water partition coefficient (Wildman–Crippen LogP) is 3.28. The molecule has 7 nitrogen and oxygen atoms in total. The van der Waals surface area contributed by atoms with Crippen LogP contribution in [0.2, 0.25) is 0 Å². The van der Waals surface area contributed by atoms with E-state index in [2.05, 4.69) is 25.9 Å². The van der Waals surface area contributed by atoms with E-state index in [0.717, 1.165) is 22.6 Å². The van der Waals surface area contributed by atoms with Crippen molar-refractivity contribution in [1.82, 2.24) is 9.97 Å². The van der Waals surface area contributed by atoms with E-state index in [-0.39, 0.29) is 11.8 Å². The quantitative estimate of drug-likeness (QED) is 0.664. The molecule has 1 aliphatic heterocycles. The molecule has 0 radical (unpaired) electrons. The molecule has 0 unspecified atom stereocenters. The number of rotatable bonds is 4. The number of nitrogens with zero attached hydrogens (tertiary/aromatic N) is 2. The summed E-state index contributed by atoms with van der Waals surface area (Å²) in [4.78, 5) is 32.1. The Labute approximate surface area is 155 Å². The van der Waals surface area contributed by atoms with Gasteiger partial charge in [-0.3, -0.25) is 9.59 Å². The van der Waals surface area contributed by atoms with E-state index >= 15 is 0 Å². The molecule has 1 aliphatic rings. The van der Waals surface area contributed by atoms with Crippen LogP contribution in [0.5, 0.6) is 0 Å². The zero-order chi connectivity index (χ0) is 18.8. The number of anilines is 4. The zero-order valence-electron chi connectivity index (χ0n) is 14.6. The van der Waals surface area contributed by atoms with E-state index < -0.39 is 0 Å². The summed E-state index contributed by atoms with van der Waals surface area (Å²) in [7, 11) is 0. The van der Waals surface area contributed by atoms with E-state index in [1.807, 2.05) is 37.3 Å². The minimum atomic E-state index is -0.218. The molecule has 4 rings (SSSR count). The summed E-state index contributed by atoms with van der Waals surface area (Å²) >= 11 is 0. The fraction of sp³-hybridized carbons (Fsp3) is 0.100. The fourth-order valence-corrected chi connectivity index (χ4v) is 2.88. The molecule has 0 bridgehead atoms. The molecule has 134 valence electrons. The van der Waals surface area contributed by atoms with Crippen LogP contribution < -0.4 is 16.0 Å². The van der Waals surface area contributed by atoms with Gasteiger partial charge in [-0.2, -0.15) is 0 Å². The first kappa shape index (κ1) is 16.7. The summed E-state index contributed by atoms with van der Waals surface area (Å²) < 4.78 is 0. The molecule has 0 saturated carbocycles. The molecule has 1 aromatic heterocycles. The maximum atomic E-state index is 12.5. The van der Waals surface area contributed by atoms with Crippen LogP contribution in [0.1, 0.15) is 21.6 Å². The highest BCUT2D eigenvalue weighted by atomic mass is 16.2. The van der Waals surface area contributed by atoms with Gasteiger partial charge in [-0.25, -0.2) is 9.97 Å². The second kappa shape index (κ2) is 6.87. The molecule has 0 aliphatic carbocycles. The second-order valence-corrected chi connectivity index (χ2v) is 6.30. The molecule has 2 aromatic carbocycles. The van der Waals surface area contributed by atoms with Crippen LogP contribution >= 0.6 is 0 Å². The first-order valence-corrected chi connectivity index (χ1v) is 8.47. The van der Waals surface area contributed by atoms with Crippen molar-refractivity contribution in [3.05, 3.63) is 71.7 Å². The maximum Gasteiger partial charge on any atom is 0.255 e. The van der Waals surface area contributed by atoms with Crippen LogP contribution in [0.15, 0.2) is 54.9 Å². The monoisotopic (exact) mass is 359 g/mol.